The summed E-state index contributed by atoms with van der Waals surface area (Å²) >= 11 is 0. The predicted octanol–water partition coefficient (Wildman–Crippen LogP) is 1.96. The lowest BCUT2D eigenvalue weighted by Crippen LogP contribution is -2.47. The number of carbonyl (C=O) groups is 2. The van der Waals surface area contributed by atoms with Crippen molar-refractivity contribution in [2.45, 2.75) is 25.9 Å². The van der Waals surface area contributed by atoms with Gasteiger partial charge in [-0.1, -0.05) is 25.1 Å². The second-order valence-corrected chi connectivity index (χ2v) is 5.00. The van der Waals surface area contributed by atoms with Gasteiger partial charge in [0.1, 0.15) is 0 Å². The Morgan fingerprint density at radius 3 is 2.90 bits per heavy atom. The minimum absolute atomic E-state index is 0.0683. The fraction of sp³-hybridized carbons (Fsp3) is 0.467. The molecule has 6 heteroatoms. The molecule has 6 nitrogen and oxygen atoms in total. The van der Waals surface area contributed by atoms with Crippen molar-refractivity contribution in [1.82, 2.24) is 4.90 Å². The molecule has 1 saturated heterocycles. The highest BCUT2D eigenvalue weighted by Gasteiger charge is 2.23. The van der Waals surface area contributed by atoms with Gasteiger partial charge in [0.2, 0.25) is 0 Å². The maximum absolute atomic E-state index is 12.3. The Morgan fingerprint density at radius 1 is 1.43 bits per heavy atom. The van der Waals surface area contributed by atoms with Crippen LogP contribution in [0.25, 0.3) is 0 Å². The second-order valence-electron chi connectivity index (χ2n) is 5.00. The summed E-state index contributed by atoms with van der Waals surface area (Å²) < 4.78 is 5.53. The van der Waals surface area contributed by atoms with Gasteiger partial charge in [0.05, 0.1) is 19.1 Å². The molecule has 0 saturated carbocycles. The normalized spacial score (nSPS) is 18.3. The molecule has 1 aliphatic rings. The summed E-state index contributed by atoms with van der Waals surface area (Å²) in [5, 5.41) is 11.7. The molecule has 0 bridgehead atoms. The van der Waals surface area contributed by atoms with Crippen molar-refractivity contribution in [1.29, 1.82) is 0 Å². The van der Waals surface area contributed by atoms with Crippen molar-refractivity contribution in [3.05, 3.63) is 29.8 Å². The van der Waals surface area contributed by atoms with Crippen LogP contribution in [-0.4, -0.2) is 47.8 Å². The molecule has 1 aromatic rings. The average molecular weight is 292 g/mol. The van der Waals surface area contributed by atoms with Gasteiger partial charge in [0.15, 0.2) is 0 Å². The number of carboxylic acids is 1. The number of hydrogen-bond acceptors (Lipinski definition) is 3. The molecule has 0 radical (unpaired) electrons. The van der Waals surface area contributed by atoms with Crippen LogP contribution in [0.15, 0.2) is 24.3 Å². The Balaban J connectivity index is 2.04. The molecular weight excluding hydrogens is 272 g/mol. The first-order chi connectivity index (χ1) is 10.1. The topological polar surface area (TPSA) is 78.9 Å². The quantitative estimate of drug-likeness (QED) is 0.889. The minimum atomic E-state index is -0.922. The summed E-state index contributed by atoms with van der Waals surface area (Å²) in [5.41, 5.74) is 1.14. The highest BCUT2D eigenvalue weighted by atomic mass is 16.5. The molecule has 0 aliphatic carbocycles. The Bertz CT molecular complexity index is 518. The van der Waals surface area contributed by atoms with Crippen molar-refractivity contribution in [3.8, 4) is 0 Å². The average Bonchev–Trinajstić information content (AvgIpc) is 2.48. The van der Waals surface area contributed by atoms with E-state index in [9.17, 15) is 9.59 Å². The van der Waals surface area contributed by atoms with Crippen LogP contribution >= 0.6 is 0 Å². The van der Waals surface area contributed by atoms with Crippen LogP contribution in [0.3, 0.4) is 0 Å². The lowest BCUT2D eigenvalue weighted by atomic mass is 10.1. The van der Waals surface area contributed by atoms with E-state index in [1.807, 2.05) is 6.92 Å². The highest BCUT2D eigenvalue weighted by molar-refractivity contribution is 5.91. The summed E-state index contributed by atoms with van der Waals surface area (Å²) in [5.74, 6) is -0.922. The second kappa shape index (κ2) is 7.08. The number of anilines is 1. The van der Waals surface area contributed by atoms with Crippen LogP contribution < -0.4 is 5.32 Å². The van der Waals surface area contributed by atoms with E-state index in [4.69, 9.17) is 9.84 Å². The number of amides is 2. The van der Waals surface area contributed by atoms with Gasteiger partial charge in [-0.2, -0.15) is 0 Å². The smallest absolute Gasteiger partial charge is 0.322 e. The Kier molecular flexibility index (Phi) is 5.16. The molecule has 0 spiro atoms. The van der Waals surface area contributed by atoms with Gasteiger partial charge in [-0.05, 0) is 18.1 Å². The van der Waals surface area contributed by atoms with Gasteiger partial charge < -0.3 is 20.1 Å². The number of ether oxygens (including phenoxy) is 1. The molecule has 2 amide bonds. The van der Waals surface area contributed by atoms with Crippen LogP contribution in [0, 0.1) is 0 Å². The van der Waals surface area contributed by atoms with E-state index in [-0.39, 0.29) is 18.6 Å². The molecule has 21 heavy (non-hydrogen) atoms. The molecule has 1 heterocycles. The van der Waals surface area contributed by atoms with Crippen molar-refractivity contribution in [3.63, 3.8) is 0 Å². The Hall–Kier alpha value is -2.08. The molecular formula is C15H20N2O4. The third-order valence-electron chi connectivity index (χ3n) is 3.48. The molecule has 2 N–H and O–H groups in total. The number of morpholine rings is 1. The van der Waals surface area contributed by atoms with E-state index in [1.54, 1.807) is 29.2 Å². The zero-order valence-corrected chi connectivity index (χ0v) is 12.0. The summed E-state index contributed by atoms with van der Waals surface area (Å²) in [6.45, 7) is 3.66. The van der Waals surface area contributed by atoms with E-state index in [1.165, 1.54) is 0 Å². The van der Waals surface area contributed by atoms with E-state index in [0.29, 0.717) is 30.9 Å². The Labute approximate surface area is 123 Å². The number of benzene rings is 1. The number of carboxylic acid groups (broad SMARTS) is 1. The summed E-state index contributed by atoms with van der Waals surface area (Å²) in [6, 6.07) is 6.74. The van der Waals surface area contributed by atoms with Crippen LogP contribution in [0.5, 0.6) is 0 Å². The van der Waals surface area contributed by atoms with Gasteiger partial charge >= 0.3 is 12.0 Å². The molecule has 1 fully saturated rings. The van der Waals surface area contributed by atoms with E-state index < -0.39 is 5.97 Å². The standard InChI is InChI=1S/C15H20N2O4/c1-2-12-10-17(7-8-21-12)15(20)16-13-6-4-3-5-11(13)9-14(18)19/h3-6,12H,2,7-10H2,1H3,(H,16,20)(H,18,19). The van der Waals surface area contributed by atoms with Gasteiger partial charge in [-0.15, -0.1) is 0 Å². The zero-order chi connectivity index (χ0) is 15.2. The van der Waals surface area contributed by atoms with Crippen molar-refractivity contribution in [2.24, 2.45) is 0 Å². The number of rotatable bonds is 4. The molecule has 1 unspecified atom stereocenters. The van der Waals surface area contributed by atoms with Crippen LogP contribution in [0.2, 0.25) is 0 Å². The van der Waals surface area contributed by atoms with E-state index in [2.05, 4.69) is 5.32 Å². The first-order valence-electron chi connectivity index (χ1n) is 7.07. The van der Waals surface area contributed by atoms with E-state index >= 15 is 0 Å². The Morgan fingerprint density at radius 2 is 2.19 bits per heavy atom. The van der Waals surface area contributed by atoms with Gasteiger partial charge in [-0.25, -0.2) is 4.79 Å². The van der Waals surface area contributed by atoms with Gasteiger partial charge in [0, 0.05) is 18.8 Å². The van der Waals surface area contributed by atoms with Crippen LogP contribution in [0.1, 0.15) is 18.9 Å². The number of hydrogen-bond donors (Lipinski definition) is 2. The van der Waals surface area contributed by atoms with Gasteiger partial charge in [0.25, 0.3) is 0 Å². The summed E-state index contributed by atoms with van der Waals surface area (Å²) in [4.78, 5) is 24.8. The molecule has 1 aromatic carbocycles. The number of carbonyl (C=O) groups excluding carboxylic acids is 1. The van der Waals surface area contributed by atoms with Crippen molar-refractivity contribution in [2.75, 3.05) is 25.0 Å². The van der Waals surface area contributed by atoms with Gasteiger partial charge in [-0.3, -0.25) is 4.79 Å². The van der Waals surface area contributed by atoms with Crippen molar-refractivity contribution < 1.29 is 19.4 Å². The monoisotopic (exact) mass is 292 g/mol. The predicted molar refractivity (Wildman–Crippen MR) is 78.4 cm³/mol. The third-order valence-corrected chi connectivity index (χ3v) is 3.48. The lowest BCUT2D eigenvalue weighted by Gasteiger charge is -2.32. The first kappa shape index (κ1) is 15.3. The molecule has 1 aliphatic heterocycles. The number of aliphatic carboxylic acids is 1. The van der Waals surface area contributed by atoms with Crippen molar-refractivity contribution >= 4 is 17.7 Å². The number of nitrogens with zero attached hydrogens (tertiary/aromatic N) is 1. The zero-order valence-electron chi connectivity index (χ0n) is 12.0. The lowest BCUT2D eigenvalue weighted by molar-refractivity contribution is -0.136. The number of urea groups is 1. The highest BCUT2D eigenvalue weighted by Crippen LogP contribution is 2.17. The third kappa shape index (κ3) is 4.19. The SMILES string of the molecule is CCC1CN(C(=O)Nc2ccccc2CC(=O)O)CCO1. The summed E-state index contributed by atoms with van der Waals surface area (Å²) in [7, 11) is 0. The molecule has 1 atom stereocenters. The summed E-state index contributed by atoms with van der Waals surface area (Å²) in [6.07, 6.45) is 0.815. The van der Waals surface area contributed by atoms with Crippen LogP contribution in [-0.2, 0) is 16.0 Å². The number of para-hydroxylation sites is 1. The first-order valence-corrected chi connectivity index (χ1v) is 7.07. The molecule has 114 valence electrons. The van der Waals surface area contributed by atoms with Crippen LogP contribution in [0.4, 0.5) is 10.5 Å². The maximum atomic E-state index is 12.3. The van der Waals surface area contributed by atoms with E-state index in [0.717, 1.165) is 6.42 Å². The maximum Gasteiger partial charge on any atom is 0.322 e. The largest absolute Gasteiger partial charge is 0.481 e. The fourth-order valence-electron chi connectivity index (χ4n) is 2.30. The minimum Gasteiger partial charge on any atom is -0.481 e. The number of nitrogens with one attached hydrogen (secondary N) is 1. The fourth-order valence-corrected chi connectivity index (χ4v) is 2.30. The molecule has 2 rings (SSSR count). The molecule has 0 aromatic heterocycles.